The van der Waals surface area contributed by atoms with Crippen LogP contribution < -0.4 is 11.1 Å². The number of anilines is 1. The van der Waals surface area contributed by atoms with Crippen LogP contribution in [-0.2, 0) is 19.2 Å². The standard InChI is InChI=1S/C26H31ClN4O9/c1-8-9-6-10(27)17(29-11(32)7-30(2)3)21(35)13(9)19(33)14-12(8)20(34)16-18(31(4)5)22(36)15(25(28)39)24(38)26(16,40)23(14)37/h6,8,12,16,18,20,33-35,38,40H,7H2,1-5H3,(H2,28,39)(H,29,32)/t8-,12-,16+,18+,20-,26-/m0/s1. The average Bonchev–Trinajstić information content (AvgIpc) is 2.83. The van der Waals surface area contributed by atoms with Gasteiger partial charge in [0.05, 0.1) is 35.2 Å². The highest BCUT2D eigenvalue weighted by Gasteiger charge is 2.68. The Balaban J connectivity index is 1.98. The Hall–Kier alpha value is -3.49. The third-order valence-corrected chi connectivity index (χ3v) is 8.23. The fourth-order valence-corrected chi connectivity index (χ4v) is 6.48. The summed E-state index contributed by atoms with van der Waals surface area (Å²) in [5.74, 6) is -10.8. The molecule has 1 saturated carbocycles. The number of aliphatic hydroxyl groups is 4. The van der Waals surface area contributed by atoms with Crippen LogP contribution in [0.2, 0.25) is 5.02 Å². The van der Waals surface area contributed by atoms with Crippen LogP contribution >= 0.6 is 11.6 Å². The van der Waals surface area contributed by atoms with Crippen LogP contribution in [0.25, 0.3) is 5.76 Å². The van der Waals surface area contributed by atoms with Gasteiger partial charge in [-0.2, -0.15) is 0 Å². The molecule has 0 bridgehead atoms. The number of carbonyl (C=O) groups excluding carboxylic acids is 4. The van der Waals surface area contributed by atoms with E-state index >= 15 is 0 Å². The van der Waals surface area contributed by atoms with E-state index in [2.05, 4.69) is 5.32 Å². The Bertz CT molecular complexity index is 1420. The molecule has 3 aliphatic rings. The Morgan fingerprint density at radius 3 is 2.27 bits per heavy atom. The molecule has 40 heavy (non-hydrogen) atoms. The molecule has 216 valence electrons. The molecular weight excluding hydrogens is 548 g/mol. The Labute approximate surface area is 234 Å². The number of rotatable bonds is 5. The van der Waals surface area contributed by atoms with Gasteiger partial charge in [-0.3, -0.25) is 24.1 Å². The van der Waals surface area contributed by atoms with Gasteiger partial charge in [0.15, 0.2) is 17.1 Å². The van der Waals surface area contributed by atoms with E-state index in [1.165, 1.54) is 25.1 Å². The van der Waals surface area contributed by atoms with Crippen molar-refractivity contribution < 1.29 is 44.7 Å². The van der Waals surface area contributed by atoms with E-state index < -0.39 is 87.3 Å². The zero-order chi connectivity index (χ0) is 30.2. The molecule has 1 aromatic rings. The van der Waals surface area contributed by atoms with Crippen LogP contribution in [0.4, 0.5) is 5.69 Å². The molecule has 0 aliphatic heterocycles. The number of nitrogens with two attached hydrogens (primary N) is 1. The minimum absolute atomic E-state index is 0.0585. The van der Waals surface area contributed by atoms with E-state index in [-0.39, 0.29) is 28.4 Å². The van der Waals surface area contributed by atoms with Crippen LogP contribution in [0.5, 0.6) is 5.75 Å². The monoisotopic (exact) mass is 578 g/mol. The summed E-state index contributed by atoms with van der Waals surface area (Å²) < 4.78 is 0. The topological polar surface area (TPSA) is 214 Å². The number of amides is 2. The SMILES string of the molecule is C[C@H]1c2cc(Cl)c(NC(=O)CN(C)C)c(O)c2C(O)=C2C(=O)[C@]3(O)C(O)=C(C(N)=O)C(=O)[C@H](N(C)C)[C@@H]3[C@@H](O)[C@H]21. The molecule has 13 nitrogen and oxygen atoms in total. The maximum atomic E-state index is 14.0. The van der Waals surface area contributed by atoms with Gasteiger partial charge in [0.2, 0.25) is 11.7 Å². The van der Waals surface area contributed by atoms with Crippen molar-refractivity contribution in [1.82, 2.24) is 9.80 Å². The van der Waals surface area contributed by atoms with Crippen molar-refractivity contribution >= 4 is 46.4 Å². The van der Waals surface area contributed by atoms with E-state index in [9.17, 15) is 44.7 Å². The van der Waals surface area contributed by atoms with Crippen molar-refractivity contribution in [1.29, 1.82) is 0 Å². The highest BCUT2D eigenvalue weighted by atomic mass is 35.5. The second kappa shape index (κ2) is 9.85. The lowest BCUT2D eigenvalue weighted by Gasteiger charge is -2.53. The van der Waals surface area contributed by atoms with E-state index in [4.69, 9.17) is 17.3 Å². The van der Waals surface area contributed by atoms with E-state index in [1.807, 2.05) is 0 Å². The van der Waals surface area contributed by atoms with Gasteiger partial charge in [-0.1, -0.05) is 18.5 Å². The average molecular weight is 579 g/mol. The molecule has 1 aromatic carbocycles. The third kappa shape index (κ3) is 3.99. The number of benzene rings is 1. The number of nitrogens with one attached hydrogen (secondary N) is 1. The van der Waals surface area contributed by atoms with Gasteiger partial charge in [-0.25, -0.2) is 0 Å². The van der Waals surface area contributed by atoms with E-state index in [0.717, 1.165) is 0 Å². The number of halogens is 1. The summed E-state index contributed by atoms with van der Waals surface area (Å²) in [7, 11) is 6.15. The molecule has 0 unspecified atom stereocenters. The molecule has 0 saturated heterocycles. The molecule has 0 heterocycles. The van der Waals surface area contributed by atoms with Crippen LogP contribution in [0, 0.1) is 11.8 Å². The molecule has 4 rings (SSSR count). The lowest BCUT2D eigenvalue weighted by atomic mass is 9.54. The summed E-state index contributed by atoms with van der Waals surface area (Å²) in [5, 5.41) is 59.2. The molecule has 8 N–H and O–H groups in total. The highest BCUT2D eigenvalue weighted by molar-refractivity contribution is 6.34. The molecule has 1 fully saturated rings. The largest absolute Gasteiger partial charge is 0.508 e. The smallest absolute Gasteiger partial charge is 0.255 e. The number of phenolic OH excluding ortho intramolecular Hbond substituents is 1. The first-order chi connectivity index (χ1) is 18.5. The van der Waals surface area contributed by atoms with Crippen molar-refractivity contribution in [2.24, 2.45) is 17.6 Å². The van der Waals surface area contributed by atoms with Gasteiger partial charge in [-0.05, 0) is 45.7 Å². The molecule has 14 heteroatoms. The molecule has 0 aromatic heterocycles. The Morgan fingerprint density at radius 2 is 1.75 bits per heavy atom. The fourth-order valence-electron chi connectivity index (χ4n) is 6.23. The first kappa shape index (κ1) is 29.5. The number of ketones is 2. The number of hydrogen-bond acceptors (Lipinski definition) is 11. The first-order valence-electron chi connectivity index (χ1n) is 12.3. The summed E-state index contributed by atoms with van der Waals surface area (Å²) >= 11 is 6.39. The maximum absolute atomic E-state index is 14.0. The number of aromatic hydroxyl groups is 1. The Morgan fingerprint density at radius 1 is 1.15 bits per heavy atom. The van der Waals surface area contributed by atoms with Gasteiger partial charge >= 0.3 is 0 Å². The van der Waals surface area contributed by atoms with Crippen molar-refractivity contribution in [3.63, 3.8) is 0 Å². The Kier molecular flexibility index (Phi) is 7.27. The molecule has 0 spiro atoms. The van der Waals surface area contributed by atoms with E-state index in [1.54, 1.807) is 25.9 Å². The number of phenols is 1. The quantitative estimate of drug-likeness (QED) is 0.177. The number of fused-ring (bicyclic) bond motifs is 3. The lowest BCUT2D eigenvalue weighted by Crippen LogP contribution is -2.70. The van der Waals surface area contributed by atoms with Crippen molar-refractivity contribution in [2.45, 2.75) is 30.6 Å². The second-order valence-electron chi connectivity index (χ2n) is 10.9. The summed E-state index contributed by atoms with van der Waals surface area (Å²) in [4.78, 5) is 54.6. The zero-order valence-corrected chi connectivity index (χ0v) is 23.1. The minimum Gasteiger partial charge on any atom is -0.508 e. The summed E-state index contributed by atoms with van der Waals surface area (Å²) in [6, 6.07) is -0.0823. The third-order valence-electron chi connectivity index (χ3n) is 7.93. The van der Waals surface area contributed by atoms with Crippen LogP contribution in [0.1, 0.15) is 24.0 Å². The van der Waals surface area contributed by atoms with Crippen LogP contribution in [-0.4, -0.2) is 111 Å². The maximum Gasteiger partial charge on any atom is 0.255 e. The predicted octanol–water partition coefficient (Wildman–Crippen LogP) is -0.351. The second-order valence-corrected chi connectivity index (χ2v) is 11.3. The summed E-state index contributed by atoms with van der Waals surface area (Å²) in [6.45, 7) is 1.52. The number of carbonyl (C=O) groups is 4. The van der Waals surface area contributed by atoms with Crippen LogP contribution in [0.3, 0.4) is 0 Å². The van der Waals surface area contributed by atoms with Gasteiger partial charge in [0, 0.05) is 11.5 Å². The molecule has 3 aliphatic carbocycles. The number of primary amides is 1. The van der Waals surface area contributed by atoms with Gasteiger partial charge in [-0.15, -0.1) is 0 Å². The molecule has 0 radical (unpaired) electrons. The van der Waals surface area contributed by atoms with Crippen molar-refractivity contribution in [2.75, 3.05) is 40.1 Å². The number of Topliss-reactive ketones (excluding diaryl/α,β-unsaturated/α-hetero) is 2. The molecular formula is C26H31ClN4O9. The van der Waals surface area contributed by atoms with Gasteiger partial charge < -0.3 is 41.5 Å². The lowest BCUT2D eigenvalue weighted by molar-refractivity contribution is -0.169. The van der Waals surface area contributed by atoms with Crippen molar-refractivity contribution in [3.05, 3.63) is 39.1 Å². The van der Waals surface area contributed by atoms with Gasteiger partial charge in [0.1, 0.15) is 22.8 Å². The minimum atomic E-state index is -3.02. The molecule has 2 amide bonds. The van der Waals surface area contributed by atoms with E-state index in [0.29, 0.717) is 0 Å². The summed E-state index contributed by atoms with van der Waals surface area (Å²) in [5.41, 5.74) is 0.455. The number of likely N-dealkylation sites (N-methyl/N-ethyl adjacent to an activating group) is 2. The van der Waals surface area contributed by atoms with Crippen molar-refractivity contribution in [3.8, 4) is 5.75 Å². The number of aliphatic hydroxyl groups excluding tert-OH is 3. The number of nitrogens with zero attached hydrogens (tertiary/aromatic N) is 2. The van der Waals surface area contributed by atoms with Gasteiger partial charge in [0.25, 0.3) is 5.91 Å². The predicted molar refractivity (Wildman–Crippen MR) is 143 cm³/mol. The number of hydrogen-bond donors (Lipinski definition) is 7. The zero-order valence-electron chi connectivity index (χ0n) is 22.4. The van der Waals surface area contributed by atoms with Crippen LogP contribution in [0.15, 0.2) is 23.0 Å². The highest BCUT2D eigenvalue weighted by Crippen LogP contribution is 2.57. The normalized spacial score (nSPS) is 29.9. The fraction of sp³-hybridized carbons (Fsp3) is 0.462. The summed E-state index contributed by atoms with van der Waals surface area (Å²) in [6.07, 6.45) is -1.73. The molecule has 6 atom stereocenters. The first-order valence-corrected chi connectivity index (χ1v) is 12.7.